The minimum absolute atomic E-state index is 0.00959. The van der Waals surface area contributed by atoms with E-state index < -0.39 is 0 Å². The number of anilines is 6. The van der Waals surface area contributed by atoms with Gasteiger partial charge in [-0.05, 0) is 178 Å². The maximum atomic E-state index is 2.80. The summed E-state index contributed by atoms with van der Waals surface area (Å²) >= 11 is 0. The third-order valence-electron chi connectivity index (χ3n) is 18.3. The minimum Gasteiger partial charge on any atom is -0.311 e. The summed E-state index contributed by atoms with van der Waals surface area (Å²) in [6, 6.07) is 53.2. The van der Waals surface area contributed by atoms with Crippen molar-refractivity contribution in [3.8, 4) is 5.69 Å². The number of fused-ring (bicyclic) bond motifs is 9. The average molecular weight is 886 g/mol. The molecule has 4 fully saturated rings. The van der Waals surface area contributed by atoms with Crippen LogP contribution in [0.25, 0.3) is 27.5 Å². The van der Waals surface area contributed by atoms with Crippen LogP contribution in [0.4, 0.5) is 34.1 Å². The minimum atomic E-state index is -0.0349. The molecule has 4 bridgehead atoms. The van der Waals surface area contributed by atoms with Gasteiger partial charge in [-0.25, -0.2) is 0 Å². The zero-order valence-corrected chi connectivity index (χ0v) is 41.5. The molecule has 0 amide bonds. The Morgan fingerprint density at radius 2 is 1.15 bits per heavy atom. The van der Waals surface area contributed by atoms with Crippen LogP contribution in [0, 0.1) is 30.6 Å². The van der Waals surface area contributed by atoms with Crippen molar-refractivity contribution in [2.75, 3.05) is 9.80 Å². The highest BCUT2D eigenvalue weighted by molar-refractivity contribution is 7.00. The standard InChI is InChI=1S/C64H64BN3/c1-37(2)41-22-24-45(25-23-41)66-57-36-50(63(7,8)9)38(3)26-52(57)65-53-33-42(62(4,5)6)32-51-61(53)68(56-21-15-12-18-49(56)64(51)43-28-39-27-40(30-43)31-44(64)29-39)59-35-46(34-58(66)60(59)65)67-54-19-13-10-16-47(54)48-17-11-14-20-55(48)67/h10-26,32-37,39-40,43-44H,27-31H2,1-9H3. The normalized spacial score (nSPS) is 22.9. The summed E-state index contributed by atoms with van der Waals surface area (Å²) in [5.41, 5.74) is 24.8. The van der Waals surface area contributed by atoms with Gasteiger partial charge in [0.05, 0.1) is 22.4 Å². The van der Waals surface area contributed by atoms with Gasteiger partial charge in [0.1, 0.15) is 0 Å². The molecule has 4 heteroatoms. The molecule has 0 atom stereocenters. The first-order valence-electron chi connectivity index (χ1n) is 26.0. The van der Waals surface area contributed by atoms with Crippen molar-refractivity contribution >= 4 is 79.0 Å². The van der Waals surface area contributed by atoms with Crippen LogP contribution in [-0.4, -0.2) is 11.3 Å². The molecule has 8 aromatic rings. The molecule has 0 radical (unpaired) electrons. The van der Waals surface area contributed by atoms with Crippen LogP contribution in [0.3, 0.4) is 0 Å². The predicted molar refractivity (Wildman–Crippen MR) is 289 cm³/mol. The largest absolute Gasteiger partial charge is 0.311 e. The number of rotatable bonds is 3. The molecule has 4 heterocycles. The summed E-state index contributed by atoms with van der Waals surface area (Å²) in [5, 5.41) is 2.58. The molecule has 4 saturated carbocycles. The zero-order valence-electron chi connectivity index (χ0n) is 41.5. The Morgan fingerprint density at radius 1 is 0.544 bits per heavy atom. The molecule has 0 N–H and O–H groups in total. The molecule has 3 aliphatic heterocycles. The topological polar surface area (TPSA) is 11.4 Å². The van der Waals surface area contributed by atoms with Crippen molar-refractivity contribution in [2.45, 2.75) is 117 Å². The molecule has 338 valence electrons. The van der Waals surface area contributed by atoms with Gasteiger partial charge < -0.3 is 14.4 Å². The van der Waals surface area contributed by atoms with Crippen molar-refractivity contribution < 1.29 is 0 Å². The maximum Gasteiger partial charge on any atom is 0.252 e. The Kier molecular flexibility index (Phi) is 8.35. The van der Waals surface area contributed by atoms with Crippen LogP contribution in [0.15, 0.2) is 133 Å². The zero-order chi connectivity index (χ0) is 46.3. The van der Waals surface area contributed by atoms with E-state index in [-0.39, 0.29) is 23.0 Å². The van der Waals surface area contributed by atoms with Crippen LogP contribution in [-0.2, 0) is 16.2 Å². The van der Waals surface area contributed by atoms with E-state index in [4.69, 9.17) is 0 Å². The van der Waals surface area contributed by atoms with Crippen LogP contribution < -0.4 is 26.2 Å². The molecule has 7 aliphatic rings. The molecule has 15 rings (SSSR count). The van der Waals surface area contributed by atoms with Crippen molar-refractivity contribution in [3.05, 3.63) is 167 Å². The lowest BCUT2D eigenvalue weighted by atomic mass is 9.32. The van der Waals surface area contributed by atoms with Gasteiger partial charge in [0, 0.05) is 44.6 Å². The summed E-state index contributed by atoms with van der Waals surface area (Å²) in [7, 11) is 0. The van der Waals surface area contributed by atoms with Gasteiger partial charge in [-0.1, -0.05) is 140 Å². The van der Waals surface area contributed by atoms with Crippen molar-refractivity contribution in [1.29, 1.82) is 0 Å². The summed E-state index contributed by atoms with van der Waals surface area (Å²) in [4.78, 5) is 5.46. The lowest BCUT2D eigenvalue weighted by Gasteiger charge is -2.65. The van der Waals surface area contributed by atoms with Gasteiger partial charge in [0.25, 0.3) is 6.71 Å². The molecule has 0 saturated heterocycles. The number of hydrogen-bond acceptors (Lipinski definition) is 2. The highest BCUT2D eigenvalue weighted by atomic mass is 15.2. The van der Waals surface area contributed by atoms with E-state index in [1.165, 1.54) is 132 Å². The summed E-state index contributed by atoms with van der Waals surface area (Å²) in [6.45, 7) is 21.6. The number of nitrogens with zero attached hydrogens (tertiary/aromatic N) is 3. The lowest BCUT2D eigenvalue weighted by molar-refractivity contribution is -0.0419. The third kappa shape index (κ3) is 5.38. The first-order valence-corrected chi connectivity index (χ1v) is 26.0. The predicted octanol–water partition coefficient (Wildman–Crippen LogP) is 14.9. The number of aromatic nitrogens is 1. The second-order valence-corrected chi connectivity index (χ2v) is 24.5. The van der Waals surface area contributed by atoms with Crippen LogP contribution in [0.1, 0.15) is 127 Å². The van der Waals surface area contributed by atoms with Gasteiger partial charge in [0.2, 0.25) is 0 Å². The fraction of sp³-hybridized carbons (Fsp3) is 0.344. The summed E-state index contributed by atoms with van der Waals surface area (Å²) in [6.07, 6.45) is 6.89. The second-order valence-electron chi connectivity index (χ2n) is 24.5. The van der Waals surface area contributed by atoms with E-state index in [0.29, 0.717) is 17.8 Å². The second kappa shape index (κ2) is 13.8. The van der Waals surface area contributed by atoms with E-state index in [1.807, 2.05) is 0 Å². The Hall–Kier alpha value is -6.00. The smallest absolute Gasteiger partial charge is 0.252 e. The number of benzene rings is 7. The molecule has 3 nitrogen and oxygen atoms in total. The van der Waals surface area contributed by atoms with Crippen LogP contribution >= 0.6 is 0 Å². The van der Waals surface area contributed by atoms with E-state index >= 15 is 0 Å². The van der Waals surface area contributed by atoms with Gasteiger partial charge in [-0.2, -0.15) is 0 Å². The quantitative estimate of drug-likeness (QED) is 0.164. The number of hydrogen-bond donors (Lipinski definition) is 0. The van der Waals surface area contributed by atoms with Gasteiger partial charge >= 0.3 is 0 Å². The third-order valence-corrected chi connectivity index (χ3v) is 18.3. The molecule has 0 unspecified atom stereocenters. The van der Waals surface area contributed by atoms with Crippen LogP contribution in [0.2, 0.25) is 0 Å². The lowest BCUT2D eigenvalue weighted by Crippen LogP contribution is -2.64. The van der Waals surface area contributed by atoms with E-state index in [0.717, 1.165) is 11.8 Å². The van der Waals surface area contributed by atoms with Crippen molar-refractivity contribution in [3.63, 3.8) is 0 Å². The van der Waals surface area contributed by atoms with E-state index in [9.17, 15) is 0 Å². The fourth-order valence-electron chi connectivity index (χ4n) is 15.7. The molecule has 1 aromatic heterocycles. The first kappa shape index (κ1) is 41.0. The Balaban J connectivity index is 1.16. The maximum absolute atomic E-state index is 2.80. The molecular formula is C64H64BN3. The summed E-state index contributed by atoms with van der Waals surface area (Å²) < 4.78 is 2.57. The Bertz CT molecular complexity index is 3360. The number of aryl methyl sites for hydroxylation is 1. The summed E-state index contributed by atoms with van der Waals surface area (Å²) in [5.74, 6) is 3.50. The molecule has 1 spiro atoms. The molecule has 4 aliphatic carbocycles. The highest BCUT2D eigenvalue weighted by Crippen LogP contribution is 2.70. The van der Waals surface area contributed by atoms with Gasteiger partial charge in [-0.15, -0.1) is 0 Å². The monoisotopic (exact) mass is 886 g/mol. The Labute approximate surface area is 404 Å². The average Bonchev–Trinajstić information content (AvgIpc) is 3.65. The number of para-hydroxylation sites is 3. The molecule has 68 heavy (non-hydrogen) atoms. The SMILES string of the molecule is Cc1cc2c(cc1C(C)(C)C)N(c1ccc(C(C)C)cc1)c1cc(-n3c4ccccc4c4ccccc43)cc3c1B2c1cc(C(C)(C)C)cc2c1N3c1ccccc1C21C2CC3CC(C2)CC1C3. The Morgan fingerprint density at radius 3 is 1.76 bits per heavy atom. The van der Waals surface area contributed by atoms with Crippen LogP contribution in [0.5, 0.6) is 0 Å². The van der Waals surface area contributed by atoms with Crippen molar-refractivity contribution in [1.82, 2.24) is 4.57 Å². The molecule has 7 aromatic carbocycles. The fourth-order valence-corrected chi connectivity index (χ4v) is 15.7. The van der Waals surface area contributed by atoms with E-state index in [1.54, 1.807) is 11.1 Å². The first-order chi connectivity index (χ1) is 32.7. The molecular weight excluding hydrogens is 822 g/mol. The van der Waals surface area contributed by atoms with Gasteiger partial charge in [-0.3, -0.25) is 0 Å². The highest BCUT2D eigenvalue weighted by Gasteiger charge is 2.63. The van der Waals surface area contributed by atoms with Gasteiger partial charge in [0.15, 0.2) is 0 Å². The van der Waals surface area contributed by atoms with Crippen molar-refractivity contribution in [2.24, 2.45) is 23.7 Å². The van der Waals surface area contributed by atoms with E-state index in [2.05, 4.69) is 210 Å².